The zero-order valence-corrected chi connectivity index (χ0v) is 21.6. The molecule has 0 saturated carbocycles. The van der Waals surface area contributed by atoms with Crippen LogP contribution in [0.4, 0.5) is 13.2 Å². The van der Waals surface area contributed by atoms with Crippen LogP contribution in [-0.4, -0.2) is 18.2 Å². The summed E-state index contributed by atoms with van der Waals surface area (Å²) in [7, 11) is 0. The van der Waals surface area contributed by atoms with Gasteiger partial charge in [-0.05, 0) is 12.1 Å². The van der Waals surface area contributed by atoms with Crippen LogP contribution in [0.5, 0.6) is 0 Å². The third kappa shape index (κ3) is 33.5. The molecule has 0 spiro atoms. The molecule has 0 nitrogen and oxygen atoms in total. The molecule has 0 aliphatic rings. The average Bonchev–Trinajstić information content (AvgIpc) is 2.45. The van der Waals surface area contributed by atoms with Crippen molar-refractivity contribution >= 4 is 78.5 Å². The third-order valence-corrected chi connectivity index (χ3v) is 8.64. The highest BCUT2D eigenvalue weighted by Gasteiger charge is 2.34. The molecule has 160 valence electrons. The average molecular weight is 535 g/mol. The lowest BCUT2D eigenvalue weighted by atomic mass is 10.1. The standard InChI is InChI=1S/C12H25Cl3Si.C3H4Cl3F3Si/c1-2-3-4-5-6-7-8-9-10-11-12-16(13,14)15;4-10(5,6)2-1-3(7,8)9/h2-12H2,1H3;1-2H2. The highest BCUT2D eigenvalue weighted by atomic mass is 35.8. The Morgan fingerprint density at radius 1 is 0.577 bits per heavy atom. The molecule has 0 radical (unpaired) electrons. The number of hydrogen-bond donors (Lipinski definition) is 0. The van der Waals surface area contributed by atoms with E-state index >= 15 is 0 Å². The molecule has 0 amide bonds. The first-order chi connectivity index (χ1) is 11.8. The minimum Gasteiger partial charge on any atom is -0.171 e. The van der Waals surface area contributed by atoms with Crippen molar-refractivity contribution < 1.29 is 13.2 Å². The number of halogens is 9. The maximum absolute atomic E-state index is 11.4. The normalized spacial score (nSPS) is 12.7. The maximum atomic E-state index is 11.4. The van der Waals surface area contributed by atoms with Gasteiger partial charge in [0.25, 0.3) is 0 Å². The number of alkyl halides is 3. The Bertz CT molecular complexity index is 306. The van der Waals surface area contributed by atoms with Crippen LogP contribution in [0.25, 0.3) is 0 Å². The molecule has 0 fully saturated rings. The van der Waals surface area contributed by atoms with Gasteiger partial charge < -0.3 is 0 Å². The molecule has 0 aromatic rings. The fourth-order valence-electron chi connectivity index (χ4n) is 2.10. The van der Waals surface area contributed by atoms with E-state index in [2.05, 4.69) is 6.92 Å². The van der Waals surface area contributed by atoms with Gasteiger partial charge in [0.1, 0.15) is 0 Å². The Hall–Kier alpha value is 1.96. The number of unbranched alkanes of at least 4 members (excludes halogenated alkanes) is 9. The molecule has 0 atom stereocenters. The molecule has 0 aromatic heterocycles. The van der Waals surface area contributed by atoms with Gasteiger partial charge in [0, 0.05) is 6.42 Å². The monoisotopic (exact) mass is 532 g/mol. The van der Waals surface area contributed by atoms with E-state index < -0.39 is 24.6 Å². The van der Waals surface area contributed by atoms with Gasteiger partial charge in [-0.15, -0.1) is 66.5 Å². The fraction of sp³-hybridized carbons (Fsp3) is 1.00. The van der Waals surface area contributed by atoms with E-state index in [0.717, 1.165) is 12.5 Å². The number of rotatable bonds is 13. The van der Waals surface area contributed by atoms with E-state index in [0.29, 0.717) is 0 Å². The molecule has 0 rings (SSSR count). The lowest BCUT2D eigenvalue weighted by molar-refractivity contribution is -0.130. The van der Waals surface area contributed by atoms with E-state index in [9.17, 15) is 13.2 Å². The van der Waals surface area contributed by atoms with Gasteiger partial charge in [-0.1, -0.05) is 71.1 Å². The zero-order valence-electron chi connectivity index (χ0n) is 15.1. The van der Waals surface area contributed by atoms with Gasteiger partial charge in [0.05, 0.1) is 0 Å². The Morgan fingerprint density at radius 2 is 0.923 bits per heavy atom. The van der Waals surface area contributed by atoms with Crippen LogP contribution >= 0.6 is 66.5 Å². The van der Waals surface area contributed by atoms with Crippen LogP contribution in [0.15, 0.2) is 0 Å². The molecule has 11 heteroatoms. The Balaban J connectivity index is 0. The second kappa shape index (κ2) is 16.7. The van der Waals surface area contributed by atoms with E-state index in [1.54, 1.807) is 0 Å². The summed E-state index contributed by atoms with van der Waals surface area (Å²) in [5.74, 6) is 0. The Morgan fingerprint density at radius 3 is 1.19 bits per heavy atom. The third-order valence-electron chi connectivity index (χ3n) is 3.51. The van der Waals surface area contributed by atoms with Gasteiger partial charge in [-0.25, -0.2) is 0 Å². The van der Waals surface area contributed by atoms with Gasteiger partial charge in [-0.2, -0.15) is 13.2 Å². The molecule has 0 aromatic carbocycles. The first kappa shape index (κ1) is 30.2. The van der Waals surface area contributed by atoms with E-state index in [1.165, 1.54) is 57.8 Å². The second-order valence-corrected chi connectivity index (χ2v) is 24.8. The molecule has 26 heavy (non-hydrogen) atoms. The van der Waals surface area contributed by atoms with Gasteiger partial charge >= 0.3 is 18.2 Å². The molecular weight excluding hydrogens is 506 g/mol. The van der Waals surface area contributed by atoms with Crippen molar-refractivity contribution in [1.29, 1.82) is 0 Å². The molecule has 0 bridgehead atoms. The van der Waals surface area contributed by atoms with Gasteiger partial charge in [0.15, 0.2) is 0 Å². The smallest absolute Gasteiger partial charge is 0.171 e. The van der Waals surface area contributed by atoms with Gasteiger partial charge in [-0.3, -0.25) is 0 Å². The topological polar surface area (TPSA) is 0 Å². The Kier molecular flexibility index (Phi) is 19.4. The van der Waals surface area contributed by atoms with Crippen molar-refractivity contribution in [2.24, 2.45) is 0 Å². The molecule has 0 unspecified atom stereocenters. The van der Waals surface area contributed by atoms with E-state index in [-0.39, 0.29) is 6.04 Å². The number of hydrogen-bond acceptors (Lipinski definition) is 0. The highest BCUT2D eigenvalue weighted by Crippen LogP contribution is 2.32. The first-order valence-electron chi connectivity index (χ1n) is 8.97. The largest absolute Gasteiger partial charge is 0.388 e. The van der Waals surface area contributed by atoms with Crippen LogP contribution in [0.3, 0.4) is 0 Å². The summed E-state index contributed by atoms with van der Waals surface area (Å²) in [5.41, 5.74) is 0. The zero-order chi connectivity index (χ0) is 20.7. The summed E-state index contributed by atoms with van der Waals surface area (Å²) in [6.45, 7) is 2.26. The lowest BCUT2D eigenvalue weighted by Gasteiger charge is -2.09. The van der Waals surface area contributed by atoms with Crippen molar-refractivity contribution in [3.8, 4) is 0 Å². The predicted octanol–water partition coefficient (Wildman–Crippen LogP) is 10.2. The summed E-state index contributed by atoms with van der Waals surface area (Å²) in [6.07, 6.45) is 8.12. The minimum absolute atomic E-state index is 0.360. The highest BCUT2D eigenvalue weighted by molar-refractivity contribution is 7.65. The Labute approximate surface area is 186 Å². The summed E-state index contributed by atoms with van der Waals surface area (Å²) in [4.78, 5) is 0. The molecule has 0 saturated heterocycles. The predicted molar refractivity (Wildman–Crippen MR) is 119 cm³/mol. The summed E-state index contributed by atoms with van der Waals surface area (Å²) in [5, 5.41) is 0. The fourth-order valence-corrected chi connectivity index (χ4v) is 5.37. The van der Waals surface area contributed by atoms with Crippen LogP contribution in [-0.2, 0) is 0 Å². The van der Waals surface area contributed by atoms with Crippen LogP contribution in [0.1, 0.15) is 77.6 Å². The summed E-state index contributed by atoms with van der Waals surface area (Å²) < 4.78 is 34.3. The van der Waals surface area contributed by atoms with Crippen LogP contribution in [0.2, 0.25) is 12.1 Å². The van der Waals surface area contributed by atoms with E-state index in [4.69, 9.17) is 66.5 Å². The van der Waals surface area contributed by atoms with Crippen molar-refractivity contribution in [3.63, 3.8) is 0 Å². The van der Waals surface area contributed by atoms with Crippen molar-refractivity contribution in [3.05, 3.63) is 0 Å². The van der Waals surface area contributed by atoms with Crippen molar-refractivity contribution in [2.75, 3.05) is 0 Å². The quantitative estimate of drug-likeness (QED) is 0.125. The second-order valence-electron chi connectivity index (χ2n) is 6.28. The SMILES string of the molecule is CCCCCCCCCCCC[Si](Cl)(Cl)Cl.FC(F)(F)CC[Si](Cl)(Cl)Cl. The molecule has 0 aliphatic heterocycles. The van der Waals surface area contributed by atoms with Crippen molar-refractivity contribution in [1.82, 2.24) is 0 Å². The molecule has 0 aliphatic carbocycles. The van der Waals surface area contributed by atoms with Crippen LogP contribution in [0, 0.1) is 0 Å². The molecule has 0 heterocycles. The first-order valence-corrected chi connectivity index (χ1v) is 19.5. The maximum Gasteiger partial charge on any atom is 0.388 e. The van der Waals surface area contributed by atoms with E-state index in [1.807, 2.05) is 0 Å². The molecular formula is C15H29Cl6F3Si2. The molecule has 0 N–H and O–H groups in total. The van der Waals surface area contributed by atoms with Crippen LogP contribution < -0.4 is 0 Å². The summed E-state index contributed by atoms with van der Waals surface area (Å²) >= 11 is 33.1. The van der Waals surface area contributed by atoms with Gasteiger partial charge in [0.2, 0.25) is 0 Å². The lowest BCUT2D eigenvalue weighted by Crippen LogP contribution is -2.15. The summed E-state index contributed by atoms with van der Waals surface area (Å²) in [6, 6.07) is -4.93. The van der Waals surface area contributed by atoms with Crippen molar-refractivity contribution in [2.45, 2.75) is 95.8 Å². The minimum atomic E-state index is -4.21.